The van der Waals surface area contributed by atoms with E-state index in [0.717, 1.165) is 11.5 Å². The largest absolute Gasteiger partial charge is 0.311 e. The molecule has 1 N–H and O–H groups in total. The molecular formula is C13H18ClN5. The van der Waals surface area contributed by atoms with Crippen LogP contribution in [0.4, 0.5) is 0 Å². The molecule has 0 aliphatic heterocycles. The minimum absolute atomic E-state index is 0.0235. The molecule has 0 aliphatic carbocycles. The second-order valence-corrected chi connectivity index (χ2v) is 5.04. The maximum atomic E-state index is 6.19. The van der Waals surface area contributed by atoms with Gasteiger partial charge in [0.25, 0.3) is 0 Å². The molecule has 6 heteroatoms. The number of likely N-dealkylation sites (N-methyl/N-ethyl adjacent to an activating group) is 1. The summed E-state index contributed by atoms with van der Waals surface area (Å²) in [7, 11) is 1.89. The van der Waals surface area contributed by atoms with Gasteiger partial charge in [-0.3, -0.25) is 4.98 Å². The first kappa shape index (κ1) is 14.0. The van der Waals surface area contributed by atoms with Crippen molar-refractivity contribution < 1.29 is 0 Å². The van der Waals surface area contributed by atoms with Gasteiger partial charge < -0.3 is 5.32 Å². The minimum Gasteiger partial charge on any atom is -0.311 e. The predicted molar refractivity (Wildman–Crippen MR) is 75.2 cm³/mol. The number of nitrogens with zero attached hydrogens (tertiary/aromatic N) is 4. The second kappa shape index (κ2) is 6.12. The van der Waals surface area contributed by atoms with Gasteiger partial charge in [0, 0.05) is 18.7 Å². The highest BCUT2D eigenvalue weighted by Crippen LogP contribution is 2.23. The number of aromatic nitrogens is 4. The van der Waals surface area contributed by atoms with Gasteiger partial charge in [0.2, 0.25) is 0 Å². The van der Waals surface area contributed by atoms with E-state index in [0.29, 0.717) is 11.4 Å². The molecule has 0 saturated carbocycles. The van der Waals surface area contributed by atoms with Crippen LogP contribution >= 0.6 is 11.6 Å². The second-order valence-electron chi connectivity index (χ2n) is 4.63. The Morgan fingerprint density at radius 1 is 1.37 bits per heavy atom. The Bertz CT molecular complexity index is 537. The number of hydrogen-bond donors (Lipinski definition) is 1. The molecule has 102 valence electrons. The summed E-state index contributed by atoms with van der Waals surface area (Å²) in [6, 6.07) is 3.99. The third kappa shape index (κ3) is 3.11. The topological polar surface area (TPSA) is 55.6 Å². The fraction of sp³-hybridized carbons (Fsp3) is 0.462. The molecule has 0 aliphatic rings. The van der Waals surface area contributed by atoms with E-state index < -0.39 is 0 Å². The Morgan fingerprint density at radius 3 is 2.79 bits per heavy atom. The van der Waals surface area contributed by atoms with E-state index in [1.807, 2.05) is 23.9 Å². The quantitative estimate of drug-likeness (QED) is 0.913. The fourth-order valence-corrected chi connectivity index (χ4v) is 2.28. The lowest BCUT2D eigenvalue weighted by molar-refractivity contribution is 0.474. The first-order chi connectivity index (χ1) is 9.13. The van der Waals surface area contributed by atoms with Gasteiger partial charge in [-0.05, 0) is 33.0 Å². The summed E-state index contributed by atoms with van der Waals surface area (Å²) < 4.78 is 1.92. The summed E-state index contributed by atoms with van der Waals surface area (Å²) in [5.41, 5.74) is 0.838. The Labute approximate surface area is 118 Å². The van der Waals surface area contributed by atoms with Gasteiger partial charge in [-0.15, -0.1) is 0 Å². The van der Waals surface area contributed by atoms with Crippen molar-refractivity contribution in [2.75, 3.05) is 7.05 Å². The number of pyridine rings is 1. The van der Waals surface area contributed by atoms with Gasteiger partial charge in [-0.2, -0.15) is 5.10 Å². The Balaban J connectivity index is 2.25. The molecule has 1 unspecified atom stereocenters. The van der Waals surface area contributed by atoms with Crippen LogP contribution < -0.4 is 5.32 Å². The zero-order chi connectivity index (χ0) is 13.8. The highest BCUT2D eigenvalue weighted by atomic mass is 35.5. The van der Waals surface area contributed by atoms with Crippen molar-refractivity contribution in [3.05, 3.63) is 41.2 Å². The molecule has 2 aromatic heterocycles. The average Bonchev–Trinajstić information content (AvgIpc) is 2.85. The van der Waals surface area contributed by atoms with Gasteiger partial charge in [0.15, 0.2) is 0 Å². The Kier molecular flexibility index (Phi) is 4.50. The van der Waals surface area contributed by atoms with Crippen LogP contribution in [0.15, 0.2) is 24.7 Å². The number of nitrogens with one attached hydrogen (secondary N) is 1. The van der Waals surface area contributed by atoms with Crippen LogP contribution in [0, 0.1) is 0 Å². The average molecular weight is 280 g/mol. The summed E-state index contributed by atoms with van der Waals surface area (Å²) in [6.45, 7) is 4.17. The maximum Gasteiger partial charge on any atom is 0.138 e. The maximum absolute atomic E-state index is 6.19. The van der Waals surface area contributed by atoms with E-state index in [-0.39, 0.29) is 12.1 Å². The van der Waals surface area contributed by atoms with Crippen LogP contribution in [0.1, 0.15) is 37.4 Å². The predicted octanol–water partition coefficient (Wildman–Crippen LogP) is 2.41. The zero-order valence-corrected chi connectivity index (χ0v) is 12.1. The van der Waals surface area contributed by atoms with E-state index in [9.17, 15) is 0 Å². The molecule has 0 spiro atoms. The van der Waals surface area contributed by atoms with E-state index >= 15 is 0 Å². The summed E-state index contributed by atoms with van der Waals surface area (Å²) in [5, 5.41) is 8.14. The molecule has 0 saturated heterocycles. The smallest absolute Gasteiger partial charge is 0.138 e. The normalized spacial score (nSPS) is 12.9. The summed E-state index contributed by atoms with van der Waals surface area (Å²) in [6.07, 6.45) is 4.03. The first-order valence-corrected chi connectivity index (χ1v) is 6.67. The van der Waals surface area contributed by atoms with Crippen LogP contribution in [-0.2, 0) is 6.42 Å². The minimum atomic E-state index is 0.0235. The standard InChI is InChI=1S/C13H18ClN5/c1-9(2)19-12(17-8-18-19)7-11(15-3)13-10(14)5-4-6-16-13/h4-6,8-9,11,15H,7H2,1-3H3. The number of hydrogen-bond acceptors (Lipinski definition) is 4. The third-order valence-corrected chi connectivity index (χ3v) is 3.31. The summed E-state index contributed by atoms with van der Waals surface area (Å²) >= 11 is 6.19. The van der Waals surface area contributed by atoms with Crippen molar-refractivity contribution in [1.82, 2.24) is 25.1 Å². The SMILES string of the molecule is CNC(Cc1ncnn1C(C)C)c1ncccc1Cl. The monoisotopic (exact) mass is 279 g/mol. The first-order valence-electron chi connectivity index (χ1n) is 6.29. The molecule has 2 aromatic rings. The van der Waals surface area contributed by atoms with Crippen molar-refractivity contribution in [3.63, 3.8) is 0 Å². The van der Waals surface area contributed by atoms with Crippen molar-refractivity contribution in [1.29, 1.82) is 0 Å². The van der Waals surface area contributed by atoms with Crippen LogP contribution in [0.5, 0.6) is 0 Å². The molecule has 0 radical (unpaired) electrons. The molecular weight excluding hydrogens is 262 g/mol. The van der Waals surface area contributed by atoms with E-state index in [2.05, 4.69) is 34.2 Å². The highest BCUT2D eigenvalue weighted by Gasteiger charge is 2.18. The molecule has 0 bridgehead atoms. The molecule has 0 fully saturated rings. The van der Waals surface area contributed by atoms with Crippen molar-refractivity contribution in [3.8, 4) is 0 Å². The fourth-order valence-electron chi connectivity index (χ4n) is 2.02. The van der Waals surface area contributed by atoms with Crippen molar-refractivity contribution in [2.24, 2.45) is 0 Å². The van der Waals surface area contributed by atoms with Crippen molar-refractivity contribution in [2.45, 2.75) is 32.4 Å². The van der Waals surface area contributed by atoms with Crippen molar-refractivity contribution >= 4 is 11.6 Å². The summed E-state index contributed by atoms with van der Waals surface area (Å²) in [5.74, 6) is 0.927. The molecule has 0 aromatic carbocycles. The molecule has 1 atom stereocenters. The molecule has 5 nitrogen and oxygen atoms in total. The van der Waals surface area contributed by atoms with Gasteiger partial charge in [0.1, 0.15) is 12.2 Å². The zero-order valence-electron chi connectivity index (χ0n) is 11.3. The lowest BCUT2D eigenvalue weighted by Gasteiger charge is -2.17. The lowest BCUT2D eigenvalue weighted by atomic mass is 10.1. The molecule has 2 rings (SSSR count). The van der Waals surface area contributed by atoms with E-state index in [4.69, 9.17) is 11.6 Å². The van der Waals surface area contributed by atoms with Crippen LogP contribution in [-0.4, -0.2) is 26.8 Å². The highest BCUT2D eigenvalue weighted by molar-refractivity contribution is 6.31. The number of rotatable bonds is 5. The molecule has 0 amide bonds. The van der Waals surface area contributed by atoms with Gasteiger partial charge in [-0.25, -0.2) is 9.67 Å². The van der Waals surface area contributed by atoms with E-state index in [1.165, 1.54) is 0 Å². The van der Waals surface area contributed by atoms with Gasteiger partial charge in [0.05, 0.1) is 16.8 Å². The van der Waals surface area contributed by atoms with Crippen LogP contribution in [0.2, 0.25) is 5.02 Å². The molecule has 19 heavy (non-hydrogen) atoms. The molecule has 2 heterocycles. The van der Waals surface area contributed by atoms with Crippen LogP contribution in [0.3, 0.4) is 0 Å². The number of halogens is 1. The van der Waals surface area contributed by atoms with Gasteiger partial charge in [-0.1, -0.05) is 11.6 Å². The van der Waals surface area contributed by atoms with Crippen LogP contribution in [0.25, 0.3) is 0 Å². The third-order valence-electron chi connectivity index (χ3n) is 2.99. The summed E-state index contributed by atoms with van der Waals surface area (Å²) in [4.78, 5) is 8.67. The Hall–Kier alpha value is -1.46. The Morgan fingerprint density at radius 2 is 2.16 bits per heavy atom. The van der Waals surface area contributed by atoms with E-state index in [1.54, 1.807) is 12.5 Å². The lowest BCUT2D eigenvalue weighted by Crippen LogP contribution is -2.23. The van der Waals surface area contributed by atoms with Gasteiger partial charge >= 0.3 is 0 Å².